The number of benzene rings is 2. The molecular formula is C26H26N5O2+. The maximum absolute atomic E-state index is 12.9. The number of nitrogens with zero attached hydrogens (tertiary/aromatic N) is 2. The smallest absolute Gasteiger partial charge is 0.365 e. The summed E-state index contributed by atoms with van der Waals surface area (Å²) in [6.07, 6.45) is 8.44. The first-order valence-corrected chi connectivity index (χ1v) is 11.3. The van der Waals surface area contributed by atoms with Gasteiger partial charge in [0.1, 0.15) is 10.9 Å². The molecule has 1 amide bonds. The third kappa shape index (κ3) is 3.98. The molecule has 0 unspecified atom stereocenters. The summed E-state index contributed by atoms with van der Waals surface area (Å²) < 4.78 is 1.78. The first-order valence-electron chi connectivity index (χ1n) is 11.3. The van der Waals surface area contributed by atoms with Gasteiger partial charge >= 0.3 is 5.95 Å². The molecule has 1 aliphatic rings. The van der Waals surface area contributed by atoms with Gasteiger partial charge in [-0.2, -0.15) is 0 Å². The molecular weight excluding hydrogens is 414 g/mol. The number of anilines is 2. The van der Waals surface area contributed by atoms with Gasteiger partial charge in [-0.25, -0.2) is 10.3 Å². The largest absolute Gasteiger partial charge is 0.396 e. The van der Waals surface area contributed by atoms with Gasteiger partial charge in [0.15, 0.2) is 0 Å². The fourth-order valence-corrected chi connectivity index (χ4v) is 4.47. The number of nitrogens with two attached hydrogens (primary N) is 1. The predicted molar refractivity (Wildman–Crippen MR) is 128 cm³/mol. The van der Waals surface area contributed by atoms with E-state index in [4.69, 9.17) is 10.7 Å². The summed E-state index contributed by atoms with van der Waals surface area (Å²) >= 11 is 0. The minimum absolute atomic E-state index is 0.0644. The van der Waals surface area contributed by atoms with Crippen LogP contribution in [0.15, 0.2) is 59.7 Å². The van der Waals surface area contributed by atoms with Crippen molar-refractivity contribution in [2.45, 2.75) is 39.0 Å². The van der Waals surface area contributed by atoms with Crippen LogP contribution < -0.4 is 21.5 Å². The molecule has 7 nitrogen and oxygen atoms in total. The predicted octanol–water partition coefficient (Wildman–Crippen LogP) is 3.48. The molecule has 0 fully saturated rings. The van der Waals surface area contributed by atoms with Crippen LogP contribution in [0.1, 0.15) is 46.8 Å². The molecule has 4 N–H and O–H groups in total. The van der Waals surface area contributed by atoms with Crippen LogP contribution in [0.5, 0.6) is 0 Å². The normalized spacial score (nSPS) is 12.6. The summed E-state index contributed by atoms with van der Waals surface area (Å²) in [6.45, 7) is 2.16. The maximum atomic E-state index is 12.9. The number of nitrogens with one attached hydrogen (secondary N) is 2. The van der Waals surface area contributed by atoms with E-state index >= 15 is 0 Å². The third-order valence-electron chi connectivity index (χ3n) is 6.17. The molecule has 2 aromatic heterocycles. The van der Waals surface area contributed by atoms with Crippen molar-refractivity contribution in [1.29, 1.82) is 0 Å². The highest BCUT2D eigenvalue weighted by atomic mass is 16.2. The average Bonchev–Trinajstić information content (AvgIpc) is 3.28. The number of aromatic amines is 1. The molecule has 2 heterocycles. The number of rotatable bonds is 6. The molecule has 0 saturated carbocycles. The number of primary amides is 1. The molecule has 1 aliphatic carbocycles. The Kier molecular flexibility index (Phi) is 5.38. The molecule has 33 heavy (non-hydrogen) atoms. The highest BCUT2D eigenvalue weighted by molar-refractivity contribution is 5.95. The summed E-state index contributed by atoms with van der Waals surface area (Å²) in [7, 11) is 0. The SMILES string of the molecule is CCCc1ccc(Nc2nc3c(c[nH+]2)c(=O)c(C(N)=O)cn3-c2ccc3c(c2)CCC3)cc1. The third-order valence-corrected chi connectivity index (χ3v) is 6.17. The summed E-state index contributed by atoms with van der Waals surface area (Å²) in [4.78, 5) is 32.6. The van der Waals surface area contributed by atoms with Gasteiger partial charge in [-0.05, 0) is 66.6 Å². The summed E-state index contributed by atoms with van der Waals surface area (Å²) in [5.74, 6) is -0.266. The van der Waals surface area contributed by atoms with Gasteiger partial charge in [-0.1, -0.05) is 36.5 Å². The Balaban J connectivity index is 1.62. The van der Waals surface area contributed by atoms with Gasteiger partial charge in [0.25, 0.3) is 5.91 Å². The molecule has 0 radical (unpaired) electrons. The molecule has 0 bridgehead atoms. The van der Waals surface area contributed by atoms with Gasteiger partial charge in [-0.3, -0.25) is 14.2 Å². The lowest BCUT2D eigenvalue weighted by molar-refractivity contribution is -0.362. The van der Waals surface area contributed by atoms with Crippen LogP contribution in [0.25, 0.3) is 16.7 Å². The van der Waals surface area contributed by atoms with Crippen molar-refractivity contribution in [3.05, 3.63) is 87.3 Å². The van der Waals surface area contributed by atoms with Crippen molar-refractivity contribution < 1.29 is 9.78 Å². The highest BCUT2D eigenvalue weighted by Gasteiger charge is 2.21. The van der Waals surface area contributed by atoms with E-state index in [2.05, 4.69) is 41.5 Å². The molecule has 7 heteroatoms. The maximum Gasteiger partial charge on any atom is 0.396 e. The van der Waals surface area contributed by atoms with Crippen molar-refractivity contribution >= 4 is 28.6 Å². The van der Waals surface area contributed by atoms with Crippen LogP contribution in [-0.2, 0) is 19.3 Å². The topological polar surface area (TPSA) is 104 Å². The Hall–Kier alpha value is -4.00. The van der Waals surface area contributed by atoms with Crippen molar-refractivity contribution in [1.82, 2.24) is 9.55 Å². The van der Waals surface area contributed by atoms with Crippen LogP contribution in [0.4, 0.5) is 11.6 Å². The lowest BCUT2D eigenvalue weighted by Crippen LogP contribution is -2.26. The second-order valence-electron chi connectivity index (χ2n) is 8.47. The minimum Gasteiger partial charge on any atom is -0.365 e. The van der Waals surface area contributed by atoms with E-state index < -0.39 is 11.3 Å². The second kappa shape index (κ2) is 8.50. The van der Waals surface area contributed by atoms with Crippen LogP contribution in [0.3, 0.4) is 0 Å². The Morgan fingerprint density at radius 3 is 2.70 bits per heavy atom. The van der Waals surface area contributed by atoms with Crippen molar-refractivity contribution in [2.24, 2.45) is 5.73 Å². The molecule has 2 aromatic carbocycles. The molecule has 0 atom stereocenters. The molecule has 0 aliphatic heterocycles. The van der Waals surface area contributed by atoms with E-state index in [9.17, 15) is 9.59 Å². The quantitative estimate of drug-likeness (QED) is 0.479. The lowest BCUT2D eigenvalue weighted by atomic mass is 10.1. The number of aryl methyl sites for hydroxylation is 3. The Morgan fingerprint density at radius 2 is 1.94 bits per heavy atom. The zero-order chi connectivity index (χ0) is 22.9. The number of pyridine rings is 1. The van der Waals surface area contributed by atoms with Gasteiger partial charge in [0.2, 0.25) is 11.1 Å². The van der Waals surface area contributed by atoms with E-state index in [1.807, 2.05) is 18.2 Å². The summed E-state index contributed by atoms with van der Waals surface area (Å²) in [6, 6.07) is 14.4. The molecule has 5 rings (SSSR count). The van der Waals surface area contributed by atoms with E-state index in [-0.39, 0.29) is 5.56 Å². The zero-order valence-electron chi connectivity index (χ0n) is 18.5. The first-order chi connectivity index (χ1) is 16.0. The van der Waals surface area contributed by atoms with Crippen molar-refractivity contribution in [3.8, 4) is 5.69 Å². The lowest BCUT2D eigenvalue weighted by Gasteiger charge is -2.12. The first kappa shape index (κ1) is 20.9. The number of carbonyl (C=O) groups excluding carboxylic acids is 1. The van der Waals surface area contributed by atoms with E-state index in [0.29, 0.717) is 17.0 Å². The second-order valence-corrected chi connectivity index (χ2v) is 8.47. The highest BCUT2D eigenvalue weighted by Crippen LogP contribution is 2.26. The Morgan fingerprint density at radius 1 is 1.15 bits per heavy atom. The fraction of sp³-hybridized carbons (Fsp3) is 0.231. The standard InChI is InChI=1S/C26H25N5O2/c1-2-4-16-7-10-19(11-8-16)29-26-28-14-21-23(32)22(24(27)33)15-31(25(21)30-26)20-12-9-17-5-3-6-18(17)13-20/h7-15H,2-6H2,1H3,(H2,27,33)(H,28,29,30)/p+1. The van der Waals surface area contributed by atoms with Gasteiger partial charge < -0.3 is 5.73 Å². The molecule has 0 spiro atoms. The fourth-order valence-electron chi connectivity index (χ4n) is 4.47. The van der Waals surface area contributed by atoms with Crippen molar-refractivity contribution in [2.75, 3.05) is 5.32 Å². The Labute approximate surface area is 191 Å². The minimum atomic E-state index is -0.758. The van der Waals surface area contributed by atoms with Gasteiger partial charge in [0, 0.05) is 11.9 Å². The number of H-pyrrole nitrogens is 1. The average molecular weight is 441 g/mol. The van der Waals surface area contributed by atoms with Crippen molar-refractivity contribution in [3.63, 3.8) is 0 Å². The van der Waals surface area contributed by atoms with Crippen LogP contribution in [0.2, 0.25) is 0 Å². The van der Waals surface area contributed by atoms with E-state index in [0.717, 1.165) is 43.5 Å². The number of amides is 1. The summed E-state index contributed by atoms with van der Waals surface area (Å²) in [5, 5.41) is 3.57. The van der Waals surface area contributed by atoms with Crippen LogP contribution >= 0.6 is 0 Å². The van der Waals surface area contributed by atoms with Crippen LogP contribution in [-0.4, -0.2) is 15.5 Å². The number of hydrogen-bond acceptors (Lipinski definition) is 4. The number of aromatic nitrogens is 3. The molecule has 4 aromatic rings. The van der Waals surface area contributed by atoms with Crippen LogP contribution in [0, 0.1) is 0 Å². The Bertz CT molecular complexity index is 1420. The van der Waals surface area contributed by atoms with Gasteiger partial charge in [0.05, 0.1) is 11.9 Å². The zero-order valence-corrected chi connectivity index (χ0v) is 18.5. The molecule has 0 saturated heterocycles. The number of hydrogen-bond donors (Lipinski definition) is 2. The van der Waals surface area contributed by atoms with E-state index in [1.165, 1.54) is 22.9 Å². The number of fused-ring (bicyclic) bond motifs is 2. The number of carbonyl (C=O) groups is 1. The molecule has 166 valence electrons. The monoisotopic (exact) mass is 440 g/mol. The summed E-state index contributed by atoms with van der Waals surface area (Å²) in [5.41, 5.74) is 11.1. The van der Waals surface area contributed by atoms with Gasteiger partial charge in [-0.15, -0.1) is 0 Å². The van der Waals surface area contributed by atoms with E-state index in [1.54, 1.807) is 10.8 Å².